The first-order chi connectivity index (χ1) is 33.5. The molecule has 0 aromatic carbocycles. The highest BCUT2D eigenvalue weighted by molar-refractivity contribution is 7.47. The molecule has 0 aromatic heterocycles. The topological polar surface area (TPSA) is 105 Å². The van der Waals surface area contributed by atoms with Crippen LogP contribution in [0.2, 0.25) is 0 Å². The largest absolute Gasteiger partial charge is 0.472 e. The molecule has 0 spiro atoms. The van der Waals surface area contributed by atoms with E-state index in [0.29, 0.717) is 17.4 Å². The van der Waals surface area contributed by atoms with E-state index in [1.807, 2.05) is 27.2 Å². The maximum Gasteiger partial charge on any atom is 0.472 e. The summed E-state index contributed by atoms with van der Waals surface area (Å²) in [5.41, 5.74) is 0. The molecule has 0 aromatic rings. The van der Waals surface area contributed by atoms with Gasteiger partial charge in [-0.1, -0.05) is 247 Å². The summed E-state index contributed by atoms with van der Waals surface area (Å²) in [5, 5.41) is 13.9. The van der Waals surface area contributed by atoms with E-state index >= 15 is 0 Å². The van der Waals surface area contributed by atoms with Gasteiger partial charge in [0.05, 0.1) is 39.9 Å². The highest BCUT2D eigenvalue weighted by atomic mass is 31.2. The van der Waals surface area contributed by atoms with Crippen LogP contribution in [0.5, 0.6) is 0 Å². The Kier molecular flexibility index (Phi) is 49.3. The number of unbranched alkanes of at least 4 members (excludes halogenated alkanes) is 29. The predicted molar refractivity (Wildman–Crippen MR) is 300 cm³/mol. The number of phosphoric ester groups is 1. The number of hydrogen-bond donors (Lipinski definition) is 3. The number of aliphatic hydroxyl groups is 1. The second kappa shape index (κ2) is 50.9. The number of hydrogen-bond acceptors (Lipinski definition) is 5. The average Bonchev–Trinajstić information content (AvgIpc) is 3.31. The lowest BCUT2D eigenvalue weighted by atomic mass is 10.0. The molecule has 8 nitrogen and oxygen atoms in total. The molecule has 3 unspecified atom stereocenters. The molecule has 0 saturated heterocycles. The highest BCUT2D eigenvalue weighted by Crippen LogP contribution is 2.43. The molecule has 0 radical (unpaired) electrons. The second-order valence-electron chi connectivity index (χ2n) is 20.6. The molecule has 0 aliphatic carbocycles. The maximum absolute atomic E-state index is 13.0. The van der Waals surface area contributed by atoms with Crippen LogP contribution in [-0.2, 0) is 18.4 Å². The van der Waals surface area contributed by atoms with Crippen LogP contribution in [0.1, 0.15) is 251 Å². The Morgan fingerprint density at radius 1 is 0.507 bits per heavy atom. The third kappa shape index (κ3) is 53.6. The third-order valence-corrected chi connectivity index (χ3v) is 13.6. The van der Waals surface area contributed by atoms with Crippen molar-refractivity contribution in [2.75, 3.05) is 40.9 Å². The zero-order chi connectivity index (χ0) is 50.6. The first-order valence-electron chi connectivity index (χ1n) is 28.8. The minimum Gasteiger partial charge on any atom is -0.387 e. The lowest BCUT2D eigenvalue weighted by Gasteiger charge is -2.25. The molecule has 3 atom stereocenters. The van der Waals surface area contributed by atoms with Crippen molar-refractivity contribution >= 4 is 13.7 Å². The van der Waals surface area contributed by atoms with Gasteiger partial charge in [0.2, 0.25) is 5.91 Å². The number of nitrogens with zero attached hydrogens (tertiary/aromatic N) is 1. The summed E-state index contributed by atoms with van der Waals surface area (Å²) in [6.45, 7) is 4.70. The number of rotatable bonds is 52. The highest BCUT2D eigenvalue weighted by Gasteiger charge is 2.27. The van der Waals surface area contributed by atoms with Gasteiger partial charge < -0.3 is 19.8 Å². The molecule has 0 fully saturated rings. The minimum atomic E-state index is -4.36. The summed E-state index contributed by atoms with van der Waals surface area (Å²) in [4.78, 5) is 23.3. The van der Waals surface area contributed by atoms with Gasteiger partial charge in [-0.3, -0.25) is 13.8 Å². The van der Waals surface area contributed by atoms with Gasteiger partial charge in [0, 0.05) is 6.42 Å². The summed E-state index contributed by atoms with van der Waals surface area (Å²) < 4.78 is 23.7. The van der Waals surface area contributed by atoms with Crippen LogP contribution in [0.3, 0.4) is 0 Å². The molecule has 1 amide bonds. The zero-order valence-electron chi connectivity index (χ0n) is 45.8. The average molecular weight is 989 g/mol. The Hall–Kier alpha value is -2.06. The Morgan fingerprint density at radius 2 is 0.884 bits per heavy atom. The summed E-state index contributed by atoms with van der Waals surface area (Å²) in [7, 11) is 1.55. The van der Waals surface area contributed by atoms with Crippen molar-refractivity contribution in [3.63, 3.8) is 0 Å². The number of aliphatic hydroxyl groups excluding tert-OH is 1. The molecule has 0 saturated carbocycles. The van der Waals surface area contributed by atoms with E-state index in [-0.39, 0.29) is 19.1 Å². The summed E-state index contributed by atoms with van der Waals surface area (Å²) in [6.07, 6.45) is 70.0. The molecule has 0 aliphatic heterocycles. The molecule has 402 valence electrons. The zero-order valence-corrected chi connectivity index (χ0v) is 46.7. The van der Waals surface area contributed by atoms with Crippen LogP contribution in [0.15, 0.2) is 72.9 Å². The number of nitrogens with one attached hydrogen (secondary N) is 1. The van der Waals surface area contributed by atoms with E-state index in [9.17, 15) is 19.4 Å². The lowest BCUT2D eigenvalue weighted by molar-refractivity contribution is -0.870. The van der Waals surface area contributed by atoms with Crippen LogP contribution >= 0.6 is 7.82 Å². The summed E-state index contributed by atoms with van der Waals surface area (Å²) in [5.74, 6) is -0.188. The fourth-order valence-corrected chi connectivity index (χ4v) is 8.90. The fourth-order valence-electron chi connectivity index (χ4n) is 8.17. The molecule has 0 rings (SSSR count). The van der Waals surface area contributed by atoms with Gasteiger partial charge in [-0.15, -0.1) is 0 Å². The van der Waals surface area contributed by atoms with E-state index in [1.165, 1.54) is 167 Å². The van der Waals surface area contributed by atoms with Crippen molar-refractivity contribution in [1.29, 1.82) is 0 Å². The SMILES string of the molecule is CC/C=C\C/C=C\C/C=C\C/C=C\CCCCCCCCCCCCCCCCC(=O)NC(COP(=O)(O)OCC[N+](C)(C)C)C(O)/C=C/CC/C=C/CCCCCCCCCCCCCCCC. The van der Waals surface area contributed by atoms with Gasteiger partial charge in [0.15, 0.2) is 0 Å². The number of allylic oxidation sites excluding steroid dienone is 11. The van der Waals surface area contributed by atoms with E-state index < -0.39 is 20.0 Å². The van der Waals surface area contributed by atoms with Crippen molar-refractivity contribution < 1.29 is 32.9 Å². The molecule has 0 bridgehead atoms. The second-order valence-corrected chi connectivity index (χ2v) is 22.1. The van der Waals surface area contributed by atoms with E-state index in [2.05, 4.69) is 79.9 Å². The fraction of sp³-hybridized carbons (Fsp3) is 0.783. The standard InChI is InChI=1S/C60H111N2O6P/c1-6-8-10-12-14-16-18-20-22-24-26-28-29-30-31-32-33-34-36-38-40-42-44-46-48-50-52-54-60(64)61-58(57-68-69(65,66)67-56-55-62(3,4)5)59(63)53-51-49-47-45-43-41-39-37-35-27-25-23-21-19-17-15-13-11-9-7-2/h8,10,14,16,20,22,26,28,43,45,51,53,58-59,63H,6-7,9,11-13,15,17-19,21,23-25,27,29-42,44,46-50,52,54-57H2,1-5H3,(H-,61,64,65,66)/p+1/b10-8-,16-14-,22-20-,28-26-,45-43+,53-51+. The van der Waals surface area contributed by atoms with Crippen molar-refractivity contribution in [1.82, 2.24) is 5.32 Å². The Balaban J connectivity index is 4.23. The maximum atomic E-state index is 13.0. The van der Waals surface area contributed by atoms with Crippen molar-refractivity contribution in [2.45, 2.75) is 264 Å². The van der Waals surface area contributed by atoms with Crippen molar-refractivity contribution in [2.24, 2.45) is 0 Å². The smallest absolute Gasteiger partial charge is 0.387 e. The molecule has 3 N–H and O–H groups in total. The molecule has 69 heavy (non-hydrogen) atoms. The number of amides is 1. The molecule has 0 heterocycles. The molecular weight excluding hydrogens is 876 g/mol. The Labute approximate surface area is 427 Å². The number of carbonyl (C=O) groups excluding carboxylic acids is 1. The van der Waals surface area contributed by atoms with Gasteiger partial charge >= 0.3 is 7.82 Å². The summed E-state index contributed by atoms with van der Waals surface area (Å²) >= 11 is 0. The number of likely N-dealkylation sites (N-methyl/N-ethyl adjacent to an activating group) is 1. The van der Waals surface area contributed by atoms with Crippen LogP contribution in [0, 0.1) is 0 Å². The first-order valence-corrected chi connectivity index (χ1v) is 30.3. The van der Waals surface area contributed by atoms with Gasteiger partial charge in [0.25, 0.3) is 0 Å². The number of carbonyl (C=O) groups is 1. The predicted octanol–water partition coefficient (Wildman–Crippen LogP) is 17.5. The molecule has 0 aliphatic rings. The van der Waals surface area contributed by atoms with Gasteiger partial charge in [0.1, 0.15) is 13.2 Å². The van der Waals surface area contributed by atoms with Crippen LogP contribution in [0.4, 0.5) is 0 Å². The van der Waals surface area contributed by atoms with Crippen LogP contribution in [-0.4, -0.2) is 73.4 Å². The third-order valence-electron chi connectivity index (χ3n) is 12.7. The van der Waals surface area contributed by atoms with Crippen LogP contribution in [0.25, 0.3) is 0 Å². The van der Waals surface area contributed by atoms with Crippen molar-refractivity contribution in [3.05, 3.63) is 72.9 Å². The molecule has 9 heteroatoms. The van der Waals surface area contributed by atoms with Crippen LogP contribution < -0.4 is 5.32 Å². The number of phosphoric acid groups is 1. The Bertz CT molecular complexity index is 1350. The number of quaternary nitrogens is 1. The van der Waals surface area contributed by atoms with Gasteiger partial charge in [-0.25, -0.2) is 4.57 Å². The molecular formula is C60H112N2O6P+. The quantitative estimate of drug-likeness (QED) is 0.0243. The lowest BCUT2D eigenvalue weighted by Crippen LogP contribution is -2.45. The first kappa shape index (κ1) is 66.9. The monoisotopic (exact) mass is 988 g/mol. The normalized spacial score (nSPS) is 14.5. The van der Waals surface area contributed by atoms with E-state index in [0.717, 1.165) is 64.2 Å². The van der Waals surface area contributed by atoms with E-state index in [1.54, 1.807) is 6.08 Å². The minimum absolute atomic E-state index is 0.0542. The Morgan fingerprint density at radius 3 is 1.33 bits per heavy atom. The van der Waals surface area contributed by atoms with Gasteiger partial charge in [-0.05, 0) is 70.6 Å². The van der Waals surface area contributed by atoms with Crippen molar-refractivity contribution in [3.8, 4) is 0 Å². The van der Waals surface area contributed by atoms with Gasteiger partial charge in [-0.2, -0.15) is 0 Å². The van der Waals surface area contributed by atoms with E-state index in [4.69, 9.17) is 9.05 Å². The summed E-state index contributed by atoms with van der Waals surface area (Å²) in [6, 6.07) is -0.867.